The molecule has 41 heavy (non-hydrogen) atoms. The maximum atomic E-state index is 13.5. The van der Waals surface area contributed by atoms with Crippen molar-refractivity contribution in [2.45, 2.75) is 38.8 Å². The van der Waals surface area contributed by atoms with E-state index in [1.165, 1.54) is 29.6 Å². The van der Waals surface area contributed by atoms with Crippen LogP contribution in [0.1, 0.15) is 26.7 Å². The van der Waals surface area contributed by atoms with Gasteiger partial charge in [-0.1, -0.05) is 6.07 Å². The van der Waals surface area contributed by atoms with E-state index >= 15 is 0 Å². The molecule has 0 aliphatic carbocycles. The molecule has 0 radical (unpaired) electrons. The minimum absolute atomic E-state index is 0.0332. The number of nitrogens with zero attached hydrogens (tertiary/aromatic N) is 9. The van der Waals surface area contributed by atoms with Gasteiger partial charge in [0.15, 0.2) is 11.2 Å². The van der Waals surface area contributed by atoms with E-state index in [9.17, 15) is 23.8 Å². The summed E-state index contributed by atoms with van der Waals surface area (Å²) in [4.78, 5) is 68.9. The Kier molecular flexibility index (Phi) is 7.60. The summed E-state index contributed by atoms with van der Waals surface area (Å²) in [6.45, 7) is 4.24. The van der Waals surface area contributed by atoms with Crippen LogP contribution < -0.4 is 21.0 Å². The van der Waals surface area contributed by atoms with Gasteiger partial charge in [-0.15, -0.1) is 0 Å². The van der Waals surface area contributed by atoms with Gasteiger partial charge in [-0.3, -0.25) is 32.7 Å². The number of pyridine rings is 1. The molecule has 1 saturated heterocycles. The number of imidazole rings is 1. The summed E-state index contributed by atoms with van der Waals surface area (Å²) < 4.78 is 19.7. The Hall–Kier alpha value is -4.20. The van der Waals surface area contributed by atoms with Crippen LogP contribution in [0.25, 0.3) is 22.4 Å². The van der Waals surface area contributed by atoms with Crippen LogP contribution in [-0.4, -0.2) is 63.3 Å². The van der Waals surface area contributed by atoms with E-state index in [0.29, 0.717) is 17.2 Å². The number of carbonyl (C=O) groups excluding carboxylic acids is 1. The molecule has 16 heteroatoms. The molecule has 0 saturated carbocycles. The molecule has 5 heterocycles. The first-order chi connectivity index (χ1) is 19.5. The van der Waals surface area contributed by atoms with E-state index < -0.39 is 32.1 Å². The van der Waals surface area contributed by atoms with Crippen LogP contribution in [0, 0.1) is 0 Å². The molecule has 1 amide bonds. The molecule has 1 aliphatic heterocycles. The summed E-state index contributed by atoms with van der Waals surface area (Å²) in [7, 11) is -0.573. The van der Waals surface area contributed by atoms with Gasteiger partial charge in [-0.05, 0) is 38.8 Å². The highest BCUT2D eigenvalue weighted by molar-refractivity contribution is 7.32. The van der Waals surface area contributed by atoms with Crippen LogP contribution in [0.4, 0.5) is 11.8 Å². The number of hydrogen-bond acceptors (Lipinski definition) is 10. The van der Waals surface area contributed by atoms with Crippen LogP contribution >= 0.6 is 8.25 Å². The largest absolute Gasteiger partial charge is 0.336 e. The Morgan fingerprint density at radius 1 is 1.15 bits per heavy atom. The van der Waals surface area contributed by atoms with Crippen molar-refractivity contribution in [1.82, 2.24) is 33.6 Å². The third kappa shape index (κ3) is 5.43. The highest BCUT2D eigenvalue weighted by atomic mass is 31.1. The van der Waals surface area contributed by atoms with Crippen molar-refractivity contribution in [3.05, 3.63) is 57.8 Å². The lowest BCUT2D eigenvalue weighted by atomic mass is 10.0. The monoisotopic (exact) mass is 583 g/mol. The fourth-order valence-corrected chi connectivity index (χ4v) is 5.18. The average Bonchev–Trinajstić information content (AvgIpc) is 3.53. The Morgan fingerprint density at radius 2 is 1.88 bits per heavy atom. The smallest absolute Gasteiger partial charge is 0.332 e. The van der Waals surface area contributed by atoms with Crippen LogP contribution in [0.5, 0.6) is 0 Å². The van der Waals surface area contributed by atoms with E-state index in [2.05, 4.69) is 38.7 Å². The first-order valence-corrected chi connectivity index (χ1v) is 14.1. The lowest BCUT2D eigenvalue weighted by Crippen LogP contribution is -2.39. The zero-order valence-corrected chi connectivity index (χ0v) is 24.0. The normalized spacial score (nSPS) is 15.4. The third-order valence-corrected chi connectivity index (χ3v) is 7.60. The van der Waals surface area contributed by atoms with Gasteiger partial charge >= 0.3 is 13.9 Å². The van der Waals surface area contributed by atoms with Crippen LogP contribution in [0.15, 0.2) is 46.5 Å². The number of carbonyl (C=O) groups is 1. The summed E-state index contributed by atoms with van der Waals surface area (Å²) in [5.41, 5.74) is 0.0634. The molecule has 1 atom stereocenters. The molecule has 5 rings (SSSR count). The van der Waals surface area contributed by atoms with Gasteiger partial charge in [-0.2, -0.15) is 0 Å². The number of fused-ring (bicyclic) bond motifs is 1. The van der Waals surface area contributed by atoms with Crippen molar-refractivity contribution in [2.24, 2.45) is 14.1 Å². The standard InChI is InChI=1S/C25H30N9O6P/c1-25(2)9-6-10-34(25)23-26-11-16(12-27-23)17-7-5-8-18(29-17)33(15-40-41(38)39)19(35)13-32-14-28-21-20(32)22(36)31(4)24(37)30(21)3/h5,7-8,11-12,14,41H,6,9-10,13,15H2,1-4H3,(H,38,39). The van der Waals surface area contributed by atoms with E-state index in [0.717, 1.165) is 28.9 Å². The van der Waals surface area contributed by atoms with Gasteiger partial charge in [0.1, 0.15) is 19.1 Å². The molecular weight excluding hydrogens is 553 g/mol. The highest BCUT2D eigenvalue weighted by Gasteiger charge is 2.33. The van der Waals surface area contributed by atoms with Crippen molar-refractivity contribution in [3.63, 3.8) is 0 Å². The van der Waals surface area contributed by atoms with Crippen LogP contribution in [0.2, 0.25) is 0 Å². The van der Waals surface area contributed by atoms with Crippen LogP contribution in [0.3, 0.4) is 0 Å². The molecule has 1 unspecified atom stereocenters. The van der Waals surface area contributed by atoms with E-state index in [-0.39, 0.29) is 29.1 Å². The quantitative estimate of drug-likeness (QED) is 0.232. The number of aryl methyl sites for hydroxylation is 1. The van der Waals surface area contributed by atoms with Gasteiger partial charge in [0.25, 0.3) is 5.56 Å². The predicted octanol–water partition coefficient (Wildman–Crippen LogP) is 1.05. The fraction of sp³-hybridized carbons (Fsp3) is 0.400. The second-order valence-corrected chi connectivity index (χ2v) is 11.2. The van der Waals surface area contributed by atoms with Crippen molar-refractivity contribution in [2.75, 3.05) is 23.1 Å². The molecule has 216 valence electrons. The predicted molar refractivity (Wildman–Crippen MR) is 151 cm³/mol. The number of aromatic nitrogens is 7. The maximum Gasteiger partial charge on any atom is 0.332 e. The molecule has 15 nitrogen and oxygen atoms in total. The van der Waals surface area contributed by atoms with Gasteiger partial charge in [0, 0.05) is 44.1 Å². The Labute approximate surface area is 234 Å². The molecule has 0 aromatic carbocycles. The number of hydrogen-bond donors (Lipinski definition) is 1. The average molecular weight is 584 g/mol. The van der Waals surface area contributed by atoms with Gasteiger partial charge in [0.05, 0.1) is 12.0 Å². The van der Waals surface area contributed by atoms with Gasteiger partial charge in [-0.25, -0.2) is 24.7 Å². The lowest BCUT2D eigenvalue weighted by Gasteiger charge is -2.31. The summed E-state index contributed by atoms with van der Waals surface area (Å²) in [5, 5.41) is 0. The second kappa shape index (κ2) is 11.0. The molecular formula is C25H30N9O6P. The number of anilines is 2. The summed E-state index contributed by atoms with van der Waals surface area (Å²) in [5.74, 6) is 0.170. The molecule has 1 fully saturated rings. The summed E-state index contributed by atoms with van der Waals surface area (Å²) >= 11 is 0. The van der Waals surface area contributed by atoms with Crippen molar-refractivity contribution < 1.29 is 18.8 Å². The topological polar surface area (TPSA) is 171 Å². The summed E-state index contributed by atoms with van der Waals surface area (Å²) in [6, 6.07) is 4.96. The molecule has 4 aromatic heterocycles. The van der Waals surface area contributed by atoms with Gasteiger partial charge < -0.3 is 14.4 Å². The van der Waals surface area contributed by atoms with Crippen molar-refractivity contribution in [3.8, 4) is 11.3 Å². The van der Waals surface area contributed by atoms with Gasteiger partial charge in [0.2, 0.25) is 11.9 Å². The van der Waals surface area contributed by atoms with Crippen LogP contribution in [-0.2, 0) is 34.5 Å². The number of amides is 1. The molecule has 1 N–H and O–H groups in total. The first kappa shape index (κ1) is 28.3. The maximum absolute atomic E-state index is 13.5. The molecule has 0 spiro atoms. The van der Waals surface area contributed by atoms with Crippen molar-refractivity contribution in [1.29, 1.82) is 0 Å². The number of rotatable bonds is 8. The molecule has 1 aliphatic rings. The van der Waals surface area contributed by atoms with Crippen molar-refractivity contribution >= 4 is 37.1 Å². The van der Waals surface area contributed by atoms with E-state index in [1.807, 2.05) is 0 Å². The summed E-state index contributed by atoms with van der Waals surface area (Å²) in [6.07, 6.45) is 6.72. The van der Waals surface area contributed by atoms with E-state index in [4.69, 9.17) is 4.52 Å². The minimum atomic E-state index is -3.38. The highest BCUT2D eigenvalue weighted by Crippen LogP contribution is 2.32. The zero-order valence-electron chi connectivity index (χ0n) is 23.0. The van der Waals surface area contributed by atoms with E-state index in [1.54, 1.807) is 30.6 Å². The lowest BCUT2D eigenvalue weighted by molar-refractivity contribution is -0.119. The zero-order chi connectivity index (χ0) is 29.5. The minimum Gasteiger partial charge on any atom is -0.336 e. The Bertz CT molecular complexity index is 1760. The third-order valence-electron chi connectivity index (χ3n) is 7.23. The SMILES string of the molecule is Cn1c(=O)c2c(ncn2CC(=O)N(CO[PH](=O)O)c2cccc(-c3cnc(N4CCCC4(C)C)nc3)n2)n(C)c1=O. The Morgan fingerprint density at radius 3 is 2.54 bits per heavy atom. The Balaban J connectivity index is 1.45. The fourth-order valence-electron chi connectivity index (χ4n) is 4.94. The molecule has 4 aromatic rings. The molecule has 0 bridgehead atoms. The first-order valence-electron chi connectivity index (χ1n) is 12.8. The second-order valence-electron chi connectivity index (χ2n) is 10.3.